The Balaban J connectivity index is 1.53. The van der Waals surface area contributed by atoms with Crippen molar-refractivity contribution in [2.45, 2.75) is 33.4 Å². The van der Waals surface area contributed by atoms with Crippen LogP contribution in [0.1, 0.15) is 42.1 Å². The summed E-state index contributed by atoms with van der Waals surface area (Å²) in [5.41, 5.74) is 4.28. The minimum absolute atomic E-state index is 0.224. The molecule has 0 N–H and O–H groups in total. The molecule has 5 rings (SSSR count). The van der Waals surface area contributed by atoms with Gasteiger partial charge in [0.2, 0.25) is 0 Å². The van der Waals surface area contributed by atoms with E-state index in [-0.39, 0.29) is 12.2 Å². The van der Waals surface area contributed by atoms with Crippen molar-refractivity contribution in [2.75, 3.05) is 13.7 Å². The molecule has 0 radical (unpaired) electrons. The molecule has 0 saturated heterocycles. The van der Waals surface area contributed by atoms with Crippen LogP contribution in [0, 0.1) is 6.92 Å². The number of esters is 1. The quantitative estimate of drug-likeness (QED) is 0.259. The van der Waals surface area contributed by atoms with Gasteiger partial charge in [0.05, 0.1) is 35.6 Å². The average Bonchev–Trinajstić information content (AvgIpc) is 3.26. The fraction of sp³-hybridized carbons (Fsp3) is 0.219. The molecule has 2 heterocycles. The molecule has 210 valence electrons. The molecule has 1 atom stereocenters. The molecule has 1 aliphatic heterocycles. The molecule has 4 aromatic rings. The van der Waals surface area contributed by atoms with Crippen LogP contribution in [0.25, 0.3) is 6.08 Å². The maximum absolute atomic E-state index is 13.8. The summed E-state index contributed by atoms with van der Waals surface area (Å²) in [6, 6.07) is 20.1. The van der Waals surface area contributed by atoms with Gasteiger partial charge in [0, 0.05) is 5.02 Å². The van der Waals surface area contributed by atoms with E-state index in [2.05, 4.69) is 4.99 Å². The van der Waals surface area contributed by atoms with Crippen LogP contribution in [-0.4, -0.2) is 24.3 Å². The zero-order chi connectivity index (χ0) is 29.1. The second kappa shape index (κ2) is 12.2. The minimum atomic E-state index is -0.647. The molecule has 1 aromatic heterocycles. The molecule has 3 aromatic carbocycles. The number of allylic oxidation sites excluding steroid dienone is 1. The maximum atomic E-state index is 13.8. The van der Waals surface area contributed by atoms with Crippen molar-refractivity contribution < 1.29 is 19.0 Å². The first kappa shape index (κ1) is 28.4. The van der Waals surface area contributed by atoms with Gasteiger partial charge in [-0.2, -0.15) is 0 Å². The molecule has 41 heavy (non-hydrogen) atoms. The van der Waals surface area contributed by atoms with E-state index >= 15 is 0 Å². The van der Waals surface area contributed by atoms with E-state index in [0.717, 1.165) is 22.3 Å². The van der Waals surface area contributed by atoms with Gasteiger partial charge in [0.15, 0.2) is 16.3 Å². The SMILES string of the molecule is CCOC(=O)C1=C(C)N=c2s/c(=C\c3ccc(OCc4ccc(Cl)cc4)c(OC)c3)c(=O)n2[C@@H]1c1ccc(C)cc1. The molecule has 0 fully saturated rings. The van der Waals surface area contributed by atoms with Crippen LogP contribution < -0.4 is 24.4 Å². The van der Waals surface area contributed by atoms with Crippen LogP contribution >= 0.6 is 22.9 Å². The third-order valence-electron chi connectivity index (χ3n) is 6.70. The number of carbonyl (C=O) groups is 1. The topological polar surface area (TPSA) is 79.1 Å². The second-order valence-electron chi connectivity index (χ2n) is 9.54. The van der Waals surface area contributed by atoms with Crippen molar-refractivity contribution in [3.05, 3.63) is 125 Å². The summed E-state index contributed by atoms with van der Waals surface area (Å²) in [6.07, 6.45) is 1.80. The third kappa shape index (κ3) is 5.99. The predicted molar refractivity (Wildman–Crippen MR) is 160 cm³/mol. The third-order valence-corrected chi connectivity index (χ3v) is 7.94. The molecular weight excluding hydrogens is 560 g/mol. The molecule has 0 unspecified atom stereocenters. The van der Waals surface area contributed by atoms with Gasteiger partial charge in [-0.3, -0.25) is 9.36 Å². The lowest BCUT2D eigenvalue weighted by molar-refractivity contribution is -0.139. The molecule has 9 heteroatoms. The van der Waals surface area contributed by atoms with Crippen LogP contribution in [0.2, 0.25) is 5.02 Å². The highest BCUT2D eigenvalue weighted by Gasteiger charge is 2.33. The van der Waals surface area contributed by atoms with E-state index in [4.69, 9.17) is 25.8 Å². The number of halogens is 1. The Morgan fingerprint density at radius 2 is 1.78 bits per heavy atom. The molecule has 0 bridgehead atoms. The van der Waals surface area contributed by atoms with Crippen molar-refractivity contribution in [1.29, 1.82) is 0 Å². The van der Waals surface area contributed by atoms with E-state index in [1.807, 2.05) is 73.7 Å². The zero-order valence-electron chi connectivity index (χ0n) is 23.1. The van der Waals surface area contributed by atoms with Crippen LogP contribution in [0.4, 0.5) is 0 Å². The Hall–Kier alpha value is -4.14. The number of fused-ring (bicyclic) bond motifs is 1. The molecule has 0 aliphatic carbocycles. The fourth-order valence-electron chi connectivity index (χ4n) is 4.64. The number of hydrogen-bond acceptors (Lipinski definition) is 7. The molecular formula is C32H29ClN2O5S. The number of ether oxygens (including phenoxy) is 3. The van der Waals surface area contributed by atoms with Crippen molar-refractivity contribution in [3.8, 4) is 11.5 Å². The number of nitrogens with zero attached hydrogens (tertiary/aromatic N) is 2. The normalized spacial score (nSPS) is 14.9. The fourth-order valence-corrected chi connectivity index (χ4v) is 5.81. The Kier molecular flexibility index (Phi) is 8.42. The van der Waals surface area contributed by atoms with E-state index in [0.29, 0.717) is 43.7 Å². The van der Waals surface area contributed by atoms with Gasteiger partial charge < -0.3 is 14.2 Å². The smallest absolute Gasteiger partial charge is 0.338 e. The predicted octanol–water partition coefficient (Wildman–Crippen LogP) is 5.35. The van der Waals surface area contributed by atoms with Gasteiger partial charge in [-0.25, -0.2) is 9.79 Å². The summed E-state index contributed by atoms with van der Waals surface area (Å²) in [5, 5.41) is 0.665. The lowest BCUT2D eigenvalue weighted by Gasteiger charge is -2.24. The molecule has 0 saturated carbocycles. The summed E-state index contributed by atoms with van der Waals surface area (Å²) >= 11 is 7.25. The highest BCUT2D eigenvalue weighted by Crippen LogP contribution is 2.31. The summed E-state index contributed by atoms with van der Waals surface area (Å²) in [7, 11) is 1.57. The lowest BCUT2D eigenvalue weighted by atomic mass is 9.95. The van der Waals surface area contributed by atoms with Gasteiger partial charge in [-0.1, -0.05) is 71.0 Å². The Morgan fingerprint density at radius 3 is 2.46 bits per heavy atom. The second-order valence-corrected chi connectivity index (χ2v) is 11.0. The van der Waals surface area contributed by atoms with Crippen LogP contribution in [-0.2, 0) is 16.1 Å². The standard InChI is InChI=1S/C32H29ClN2O5S/c1-5-39-31(37)28-20(3)34-32-35(29(28)23-11-6-19(2)7-12-23)30(36)27(41-32)17-22-10-15-25(26(16-22)38-4)40-18-21-8-13-24(33)14-9-21/h6-17,29H,5,18H2,1-4H3/b27-17-/t29-/m1/s1. The lowest BCUT2D eigenvalue weighted by Crippen LogP contribution is -2.39. The maximum Gasteiger partial charge on any atom is 0.338 e. The van der Waals surface area contributed by atoms with Crippen LogP contribution in [0.15, 0.2) is 87.8 Å². The van der Waals surface area contributed by atoms with Gasteiger partial charge in [-0.05, 0) is 67.8 Å². The largest absolute Gasteiger partial charge is 0.493 e. The van der Waals surface area contributed by atoms with Crippen molar-refractivity contribution in [2.24, 2.45) is 4.99 Å². The molecule has 1 aliphatic rings. The number of hydrogen-bond donors (Lipinski definition) is 0. The van der Waals surface area contributed by atoms with E-state index in [1.165, 1.54) is 11.3 Å². The van der Waals surface area contributed by atoms with Gasteiger partial charge in [0.1, 0.15) is 6.61 Å². The average molecular weight is 589 g/mol. The Morgan fingerprint density at radius 1 is 1.05 bits per heavy atom. The van der Waals surface area contributed by atoms with E-state index < -0.39 is 12.0 Å². The molecule has 7 nitrogen and oxygen atoms in total. The van der Waals surface area contributed by atoms with E-state index in [9.17, 15) is 9.59 Å². The first-order valence-electron chi connectivity index (χ1n) is 13.1. The Labute approximate surface area is 246 Å². The highest BCUT2D eigenvalue weighted by molar-refractivity contribution is 7.07. The first-order chi connectivity index (χ1) is 19.8. The van der Waals surface area contributed by atoms with Crippen molar-refractivity contribution in [1.82, 2.24) is 4.57 Å². The van der Waals surface area contributed by atoms with Crippen LogP contribution in [0.3, 0.4) is 0 Å². The van der Waals surface area contributed by atoms with Crippen molar-refractivity contribution >= 4 is 35.0 Å². The minimum Gasteiger partial charge on any atom is -0.493 e. The number of benzene rings is 3. The summed E-state index contributed by atoms with van der Waals surface area (Å²) in [4.78, 5) is 32.1. The van der Waals surface area contributed by atoms with Crippen molar-refractivity contribution in [3.63, 3.8) is 0 Å². The number of aromatic nitrogens is 1. The summed E-state index contributed by atoms with van der Waals surface area (Å²) in [6.45, 7) is 6.10. The van der Waals surface area contributed by atoms with Gasteiger partial charge in [-0.15, -0.1) is 0 Å². The molecule has 0 amide bonds. The van der Waals surface area contributed by atoms with Crippen LogP contribution in [0.5, 0.6) is 11.5 Å². The summed E-state index contributed by atoms with van der Waals surface area (Å²) in [5.74, 6) is 0.640. The highest BCUT2D eigenvalue weighted by atomic mass is 35.5. The first-order valence-corrected chi connectivity index (χ1v) is 14.3. The van der Waals surface area contributed by atoms with Gasteiger partial charge in [0.25, 0.3) is 5.56 Å². The number of rotatable bonds is 8. The summed E-state index contributed by atoms with van der Waals surface area (Å²) < 4.78 is 19.0. The number of thiazole rings is 1. The Bertz CT molecular complexity index is 1800. The number of aryl methyl sites for hydroxylation is 1. The van der Waals surface area contributed by atoms with Gasteiger partial charge >= 0.3 is 5.97 Å². The van der Waals surface area contributed by atoms with E-state index in [1.54, 1.807) is 31.6 Å². The zero-order valence-corrected chi connectivity index (χ0v) is 24.7. The number of carbonyl (C=O) groups excluding carboxylic acids is 1. The monoisotopic (exact) mass is 588 g/mol. The molecule has 0 spiro atoms. The number of methoxy groups -OCH3 is 1.